The number of methoxy groups -OCH3 is 1. The average Bonchev–Trinajstić information content (AvgIpc) is 2.82. The molecule has 6 heteroatoms. The van der Waals surface area contributed by atoms with Gasteiger partial charge in [0.05, 0.1) is 18.2 Å². The molecule has 0 radical (unpaired) electrons. The normalized spacial score (nSPS) is 11.4. The van der Waals surface area contributed by atoms with Crippen LogP contribution in [0.1, 0.15) is 0 Å². The van der Waals surface area contributed by atoms with E-state index < -0.39 is 0 Å². The molecule has 0 aromatic heterocycles. The molecule has 1 aromatic rings. The van der Waals surface area contributed by atoms with Gasteiger partial charge in [0.2, 0.25) is 0 Å². The quantitative estimate of drug-likeness (QED) is 0.739. The van der Waals surface area contributed by atoms with E-state index in [1.54, 1.807) is 13.2 Å². The lowest BCUT2D eigenvalue weighted by atomic mass is 10.1. The van der Waals surface area contributed by atoms with Crippen molar-refractivity contribution in [2.45, 2.75) is 0 Å². The Morgan fingerprint density at radius 2 is 1.82 bits per heavy atom. The topological polar surface area (TPSA) is 67.7 Å². The van der Waals surface area contributed by atoms with Gasteiger partial charge in [-0.05, 0) is 24.3 Å². The molecule has 3 rings (SSSR count). The number of ether oxygens (including phenoxy) is 1. The third-order valence-corrected chi connectivity index (χ3v) is 3.65. The monoisotopic (exact) mass is 295 g/mol. The van der Waals surface area contributed by atoms with Crippen LogP contribution in [-0.4, -0.2) is 16.5 Å². The van der Waals surface area contributed by atoms with Crippen molar-refractivity contribution in [2.24, 2.45) is 24.3 Å². The van der Waals surface area contributed by atoms with Gasteiger partial charge < -0.3 is 4.74 Å². The van der Waals surface area contributed by atoms with Crippen molar-refractivity contribution in [3.8, 4) is 17.0 Å². The molecular weight excluding hydrogens is 278 g/mol. The summed E-state index contributed by atoms with van der Waals surface area (Å²) in [6.07, 6.45) is 2.00. The van der Waals surface area contributed by atoms with Crippen LogP contribution in [0, 0.1) is 5.41 Å². The number of azo groups is 1. The van der Waals surface area contributed by atoms with Crippen LogP contribution >= 0.6 is 0 Å². The number of aryl methyl sites for hydroxylation is 1. The lowest BCUT2D eigenvalue weighted by Crippen LogP contribution is -2.06. The van der Waals surface area contributed by atoms with Gasteiger partial charge in [0.1, 0.15) is 17.1 Å². The zero-order chi connectivity index (χ0) is 15.7. The van der Waals surface area contributed by atoms with Gasteiger partial charge in [0.15, 0.2) is 0 Å². The van der Waals surface area contributed by atoms with Crippen LogP contribution in [0.4, 0.5) is 11.4 Å². The van der Waals surface area contributed by atoms with Gasteiger partial charge >= 0.3 is 0 Å². The number of fused-ring (bicyclic) bond motifs is 1. The molecule has 1 aliphatic carbocycles. The number of rotatable bonds is 3. The highest BCUT2D eigenvalue weighted by molar-refractivity contribution is 5.73. The van der Waals surface area contributed by atoms with Gasteiger partial charge in [-0.2, -0.15) is 0 Å². The van der Waals surface area contributed by atoms with Gasteiger partial charge in [0, 0.05) is 25.9 Å². The number of hydrogen-bond donors (Lipinski definition) is 1. The molecule has 0 unspecified atom stereocenters. The molecule has 0 bridgehead atoms. The summed E-state index contributed by atoms with van der Waals surface area (Å²) in [6, 6.07) is 11.1. The molecule has 1 N–H and O–H groups in total. The molecule has 2 aliphatic rings. The molecule has 0 saturated heterocycles. The Bertz CT molecular complexity index is 875. The van der Waals surface area contributed by atoms with E-state index in [9.17, 15) is 0 Å². The fourth-order valence-electron chi connectivity index (χ4n) is 2.40. The first-order valence-electron chi connectivity index (χ1n) is 6.86. The summed E-state index contributed by atoms with van der Waals surface area (Å²) in [7, 11) is 5.48. The number of nitrogens with zero attached hydrogens (tertiary/aromatic N) is 4. The van der Waals surface area contributed by atoms with Crippen molar-refractivity contribution in [3.63, 3.8) is 0 Å². The second-order valence-corrected chi connectivity index (χ2v) is 5.00. The fraction of sp³-hybridized carbons (Fsp3) is 0.188. The maximum absolute atomic E-state index is 8.12. The van der Waals surface area contributed by atoms with E-state index >= 15 is 0 Å². The van der Waals surface area contributed by atoms with Crippen molar-refractivity contribution in [2.75, 3.05) is 7.11 Å². The highest BCUT2D eigenvalue weighted by Crippen LogP contribution is 2.32. The maximum atomic E-state index is 8.12. The SMILES string of the molecule is COc1ccccc1N=Nc1c2n(C)n(C)cc-2ccc1=N. The number of para-hydroxylation sites is 1. The molecule has 1 heterocycles. The number of nitrogens with one attached hydrogen (secondary N) is 1. The second-order valence-electron chi connectivity index (χ2n) is 5.00. The van der Waals surface area contributed by atoms with E-state index in [4.69, 9.17) is 10.1 Å². The van der Waals surface area contributed by atoms with E-state index in [0.717, 1.165) is 11.3 Å². The molecule has 1 aromatic carbocycles. The molecule has 0 atom stereocenters. The van der Waals surface area contributed by atoms with Crippen LogP contribution in [0.2, 0.25) is 0 Å². The van der Waals surface area contributed by atoms with E-state index in [0.29, 0.717) is 22.5 Å². The molecule has 6 nitrogen and oxygen atoms in total. The Kier molecular flexibility index (Phi) is 3.50. The van der Waals surface area contributed by atoms with Crippen LogP contribution in [0.15, 0.2) is 52.8 Å². The van der Waals surface area contributed by atoms with Crippen LogP contribution in [-0.2, 0) is 14.1 Å². The summed E-state index contributed by atoms with van der Waals surface area (Å²) < 4.78 is 9.17. The Hall–Kier alpha value is -2.89. The third-order valence-electron chi connectivity index (χ3n) is 3.65. The summed E-state index contributed by atoms with van der Waals surface area (Å²) in [5, 5.41) is 17.0. The second kappa shape index (κ2) is 5.48. The Balaban J connectivity index is 2.13. The van der Waals surface area contributed by atoms with Gasteiger partial charge in [-0.3, -0.25) is 14.8 Å². The average molecular weight is 295 g/mol. The van der Waals surface area contributed by atoms with Crippen molar-refractivity contribution >= 4 is 11.4 Å². The van der Waals surface area contributed by atoms with Crippen molar-refractivity contribution < 1.29 is 4.74 Å². The van der Waals surface area contributed by atoms with Crippen LogP contribution in [0.25, 0.3) is 11.3 Å². The number of hydrogen-bond acceptors (Lipinski definition) is 4. The lowest BCUT2D eigenvalue weighted by Gasteiger charge is -2.07. The molecule has 0 fully saturated rings. The molecular formula is C16H17N5O. The number of benzene rings is 2. The Morgan fingerprint density at radius 3 is 2.59 bits per heavy atom. The molecule has 0 saturated carbocycles. The first-order chi connectivity index (χ1) is 10.6. The summed E-state index contributed by atoms with van der Waals surface area (Å²) in [4.78, 5) is 0. The molecule has 1 aliphatic heterocycles. The van der Waals surface area contributed by atoms with Gasteiger partial charge in [-0.25, -0.2) is 0 Å². The number of aromatic nitrogens is 2. The smallest absolute Gasteiger partial charge is 0.146 e. The van der Waals surface area contributed by atoms with Gasteiger partial charge in [-0.1, -0.05) is 12.1 Å². The highest BCUT2D eigenvalue weighted by Gasteiger charge is 2.15. The van der Waals surface area contributed by atoms with Crippen LogP contribution < -0.4 is 10.1 Å². The zero-order valence-electron chi connectivity index (χ0n) is 12.7. The summed E-state index contributed by atoms with van der Waals surface area (Å²) >= 11 is 0. The van der Waals surface area contributed by atoms with Gasteiger partial charge in [0.25, 0.3) is 0 Å². The first kappa shape index (κ1) is 14.1. The molecule has 0 spiro atoms. The maximum Gasteiger partial charge on any atom is 0.146 e. The third kappa shape index (κ3) is 2.28. The van der Waals surface area contributed by atoms with E-state index in [1.807, 2.05) is 60.0 Å². The Morgan fingerprint density at radius 1 is 1.05 bits per heavy atom. The molecule has 112 valence electrons. The van der Waals surface area contributed by atoms with Crippen molar-refractivity contribution in [1.29, 1.82) is 5.41 Å². The van der Waals surface area contributed by atoms with Crippen molar-refractivity contribution in [3.05, 3.63) is 48.0 Å². The van der Waals surface area contributed by atoms with E-state index in [1.165, 1.54) is 0 Å². The minimum atomic E-state index is 0.341. The highest BCUT2D eigenvalue weighted by atomic mass is 16.5. The van der Waals surface area contributed by atoms with E-state index in [2.05, 4.69) is 10.2 Å². The predicted molar refractivity (Wildman–Crippen MR) is 84.0 cm³/mol. The lowest BCUT2D eigenvalue weighted by molar-refractivity contribution is 0.416. The summed E-state index contributed by atoms with van der Waals surface area (Å²) in [5.41, 5.74) is 3.09. The molecule has 0 amide bonds. The summed E-state index contributed by atoms with van der Waals surface area (Å²) in [5.74, 6) is 0.655. The van der Waals surface area contributed by atoms with Crippen LogP contribution in [0.3, 0.4) is 0 Å². The first-order valence-corrected chi connectivity index (χ1v) is 6.86. The minimum Gasteiger partial charge on any atom is -0.494 e. The van der Waals surface area contributed by atoms with E-state index in [-0.39, 0.29) is 0 Å². The fourth-order valence-corrected chi connectivity index (χ4v) is 2.40. The predicted octanol–water partition coefficient (Wildman–Crippen LogP) is 3.37. The van der Waals surface area contributed by atoms with Gasteiger partial charge in [-0.15, -0.1) is 10.2 Å². The minimum absolute atomic E-state index is 0.341. The largest absolute Gasteiger partial charge is 0.494 e. The zero-order valence-corrected chi connectivity index (χ0v) is 12.7. The van der Waals surface area contributed by atoms with Crippen LogP contribution in [0.5, 0.6) is 5.75 Å². The Labute approximate surface area is 128 Å². The standard InChI is InChI=1S/C16H17N5O/c1-20-10-11-8-9-12(17)15(16(11)21(20)2)19-18-13-6-4-5-7-14(13)22-3/h4-10,17H,1-3H3. The molecule has 22 heavy (non-hydrogen) atoms. The van der Waals surface area contributed by atoms with Crippen molar-refractivity contribution in [1.82, 2.24) is 9.36 Å². The summed E-state index contributed by atoms with van der Waals surface area (Å²) in [6.45, 7) is 0.